The van der Waals surface area contributed by atoms with Gasteiger partial charge >= 0.3 is 5.97 Å². The first kappa shape index (κ1) is 17.7. The number of halogens is 2. The highest BCUT2D eigenvalue weighted by atomic mass is 32.2. The molecule has 0 aliphatic heterocycles. The number of carbonyl (C=O) groups is 2. The molecule has 2 aromatic carbocycles. The molecule has 5 nitrogen and oxygen atoms in total. The summed E-state index contributed by atoms with van der Waals surface area (Å²) >= 11 is 0. The topological polar surface area (TPSA) is 77.5 Å². The minimum Gasteiger partial charge on any atom is -0.454 e. The molecule has 0 fully saturated rings. The molecule has 0 unspecified atom stereocenters. The van der Waals surface area contributed by atoms with Gasteiger partial charge in [-0.3, -0.25) is 4.79 Å². The van der Waals surface area contributed by atoms with E-state index in [0.717, 1.165) is 24.5 Å². The Morgan fingerprint density at radius 2 is 1.71 bits per heavy atom. The van der Waals surface area contributed by atoms with Gasteiger partial charge in [0, 0.05) is 11.8 Å². The lowest BCUT2D eigenvalue weighted by Crippen LogP contribution is -2.15. The molecule has 0 radical (unpaired) electrons. The molecule has 0 N–H and O–H groups in total. The molecule has 0 spiro atoms. The monoisotopic (exact) mass is 354 g/mol. The number of carbonyl (C=O) groups excluding carboxylic acids is 2. The first-order valence-electron chi connectivity index (χ1n) is 6.64. The minimum absolute atomic E-state index is 0.0454. The maximum Gasteiger partial charge on any atom is 0.338 e. The fourth-order valence-electron chi connectivity index (χ4n) is 1.82. The standard InChI is InChI=1S/C16H12F2O5S/c1-24(21,22)12-4-2-3-11(7-12)16(20)23-9-15(19)10-5-6-13(17)14(18)8-10/h2-8H,9H2,1H3. The molecule has 2 rings (SSSR count). The lowest BCUT2D eigenvalue weighted by Gasteiger charge is -2.06. The van der Waals surface area contributed by atoms with Gasteiger partial charge in [0.05, 0.1) is 10.5 Å². The van der Waals surface area contributed by atoms with Crippen LogP contribution in [0.5, 0.6) is 0 Å². The van der Waals surface area contributed by atoms with E-state index >= 15 is 0 Å². The number of hydrogen-bond acceptors (Lipinski definition) is 5. The molecule has 0 bridgehead atoms. The van der Waals surface area contributed by atoms with Crippen LogP contribution in [0.2, 0.25) is 0 Å². The van der Waals surface area contributed by atoms with E-state index in [1.165, 1.54) is 18.2 Å². The second kappa shape index (κ2) is 6.88. The van der Waals surface area contributed by atoms with Crippen molar-refractivity contribution >= 4 is 21.6 Å². The maximum absolute atomic E-state index is 13.1. The highest BCUT2D eigenvalue weighted by Gasteiger charge is 2.15. The fourth-order valence-corrected chi connectivity index (χ4v) is 2.49. The van der Waals surface area contributed by atoms with E-state index in [0.29, 0.717) is 6.07 Å². The number of hydrogen-bond donors (Lipinski definition) is 0. The average Bonchev–Trinajstić information content (AvgIpc) is 2.54. The lowest BCUT2D eigenvalue weighted by molar-refractivity contribution is 0.0474. The van der Waals surface area contributed by atoms with Crippen molar-refractivity contribution in [3.63, 3.8) is 0 Å². The summed E-state index contributed by atoms with van der Waals surface area (Å²) in [6.45, 7) is -0.687. The van der Waals surface area contributed by atoms with Gasteiger partial charge in [0.2, 0.25) is 0 Å². The predicted molar refractivity (Wildman–Crippen MR) is 80.5 cm³/mol. The second-order valence-corrected chi connectivity index (χ2v) is 6.94. The molecule has 2 aromatic rings. The number of sulfone groups is 1. The maximum atomic E-state index is 13.1. The SMILES string of the molecule is CS(=O)(=O)c1cccc(C(=O)OCC(=O)c2ccc(F)c(F)c2)c1. The van der Waals surface area contributed by atoms with E-state index in [2.05, 4.69) is 0 Å². The normalized spacial score (nSPS) is 11.1. The third-order valence-corrected chi connectivity index (χ3v) is 4.18. The van der Waals surface area contributed by atoms with Gasteiger partial charge in [0.15, 0.2) is 33.9 Å². The number of rotatable bonds is 5. The van der Waals surface area contributed by atoms with Crippen molar-refractivity contribution in [2.45, 2.75) is 4.90 Å². The molecular weight excluding hydrogens is 342 g/mol. The summed E-state index contributed by atoms with van der Waals surface area (Å²) in [4.78, 5) is 23.6. The highest BCUT2D eigenvalue weighted by Crippen LogP contribution is 2.13. The Kier molecular flexibility index (Phi) is 5.08. The number of ether oxygens (including phenoxy) is 1. The van der Waals surface area contributed by atoms with Crippen LogP contribution in [0, 0.1) is 11.6 Å². The van der Waals surface area contributed by atoms with Crippen LogP contribution >= 0.6 is 0 Å². The average molecular weight is 354 g/mol. The summed E-state index contributed by atoms with van der Waals surface area (Å²) in [5.41, 5.74) is -0.192. The van der Waals surface area contributed by atoms with Crippen LogP contribution in [-0.2, 0) is 14.6 Å². The Bertz CT molecular complexity index is 906. The molecule has 0 heterocycles. The second-order valence-electron chi connectivity index (χ2n) is 4.93. The Labute approximate surface area is 136 Å². The summed E-state index contributed by atoms with van der Waals surface area (Å²) in [5.74, 6) is -3.91. The van der Waals surface area contributed by atoms with Crippen LogP contribution < -0.4 is 0 Å². The molecule has 0 aliphatic rings. The van der Waals surface area contributed by atoms with Gasteiger partial charge in [-0.2, -0.15) is 0 Å². The van der Waals surface area contributed by atoms with Crippen molar-refractivity contribution < 1.29 is 31.5 Å². The third-order valence-electron chi connectivity index (χ3n) is 3.07. The van der Waals surface area contributed by atoms with Gasteiger partial charge in [-0.05, 0) is 36.4 Å². The predicted octanol–water partition coefficient (Wildman–Crippen LogP) is 2.41. The quantitative estimate of drug-likeness (QED) is 0.609. The molecule has 0 amide bonds. The summed E-state index contributed by atoms with van der Waals surface area (Å²) < 4.78 is 53.6. The highest BCUT2D eigenvalue weighted by molar-refractivity contribution is 7.90. The van der Waals surface area contributed by atoms with E-state index in [9.17, 15) is 26.8 Å². The van der Waals surface area contributed by atoms with Crippen molar-refractivity contribution in [3.05, 3.63) is 65.2 Å². The Morgan fingerprint density at radius 3 is 2.33 bits per heavy atom. The van der Waals surface area contributed by atoms with E-state index in [1.807, 2.05) is 0 Å². The van der Waals surface area contributed by atoms with Crippen LogP contribution in [0.3, 0.4) is 0 Å². The molecule has 0 aliphatic carbocycles. The summed E-state index contributed by atoms with van der Waals surface area (Å²) in [6, 6.07) is 7.70. The van der Waals surface area contributed by atoms with Gasteiger partial charge in [-0.25, -0.2) is 22.0 Å². The van der Waals surface area contributed by atoms with Crippen molar-refractivity contribution in [1.82, 2.24) is 0 Å². The van der Waals surface area contributed by atoms with Crippen molar-refractivity contribution in [1.29, 1.82) is 0 Å². The molecule has 24 heavy (non-hydrogen) atoms. The zero-order valence-electron chi connectivity index (χ0n) is 12.5. The van der Waals surface area contributed by atoms with Crippen molar-refractivity contribution in [3.8, 4) is 0 Å². The van der Waals surface area contributed by atoms with Crippen LogP contribution in [0.1, 0.15) is 20.7 Å². The van der Waals surface area contributed by atoms with Crippen LogP contribution in [0.4, 0.5) is 8.78 Å². The van der Waals surface area contributed by atoms with E-state index in [4.69, 9.17) is 4.74 Å². The first-order valence-corrected chi connectivity index (χ1v) is 8.53. The third kappa shape index (κ3) is 4.23. The molecular formula is C16H12F2O5S. The Hall–Kier alpha value is -2.61. The van der Waals surface area contributed by atoms with Gasteiger partial charge < -0.3 is 4.74 Å². The zero-order valence-corrected chi connectivity index (χ0v) is 13.3. The Morgan fingerprint density at radius 1 is 1.00 bits per heavy atom. The fraction of sp³-hybridized carbons (Fsp3) is 0.125. The molecule has 0 saturated heterocycles. The van der Waals surface area contributed by atoms with Gasteiger partial charge in [-0.1, -0.05) is 6.07 Å². The van der Waals surface area contributed by atoms with Gasteiger partial charge in [0.25, 0.3) is 0 Å². The Balaban J connectivity index is 2.08. The number of ketones is 1. The molecule has 8 heteroatoms. The number of benzene rings is 2. The number of esters is 1. The van der Waals surface area contributed by atoms with Crippen LogP contribution in [0.15, 0.2) is 47.4 Å². The van der Waals surface area contributed by atoms with Gasteiger partial charge in [-0.15, -0.1) is 0 Å². The molecule has 126 valence electrons. The molecule has 0 atom stereocenters. The number of Topliss-reactive ketones (excluding diaryl/α,β-unsaturated/α-hetero) is 1. The molecule has 0 aromatic heterocycles. The smallest absolute Gasteiger partial charge is 0.338 e. The van der Waals surface area contributed by atoms with E-state index in [1.54, 1.807) is 0 Å². The van der Waals surface area contributed by atoms with E-state index < -0.39 is 39.8 Å². The first-order chi connectivity index (χ1) is 11.2. The summed E-state index contributed by atoms with van der Waals surface area (Å²) in [6.07, 6.45) is 0.990. The molecule has 0 saturated carbocycles. The van der Waals surface area contributed by atoms with Crippen LogP contribution in [0.25, 0.3) is 0 Å². The lowest BCUT2D eigenvalue weighted by atomic mass is 10.1. The largest absolute Gasteiger partial charge is 0.454 e. The summed E-state index contributed by atoms with van der Waals surface area (Å²) in [5, 5.41) is 0. The van der Waals surface area contributed by atoms with Gasteiger partial charge in [0.1, 0.15) is 0 Å². The summed E-state index contributed by atoms with van der Waals surface area (Å²) in [7, 11) is -3.49. The van der Waals surface area contributed by atoms with Crippen molar-refractivity contribution in [2.24, 2.45) is 0 Å². The van der Waals surface area contributed by atoms with Crippen LogP contribution in [-0.4, -0.2) is 33.0 Å². The zero-order chi connectivity index (χ0) is 17.9. The van der Waals surface area contributed by atoms with Crippen molar-refractivity contribution in [2.75, 3.05) is 12.9 Å². The minimum atomic E-state index is -3.49. The van der Waals surface area contributed by atoms with E-state index in [-0.39, 0.29) is 16.0 Å².